The second-order valence-electron chi connectivity index (χ2n) is 6.95. The van der Waals surface area contributed by atoms with Crippen LogP contribution in [0.25, 0.3) is 0 Å². The van der Waals surface area contributed by atoms with E-state index in [4.69, 9.17) is 9.98 Å². The van der Waals surface area contributed by atoms with Gasteiger partial charge in [-0.3, -0.25) is 15.3 Å². The molecule has 3 heteroatoms. The summed E-state index contributed by atoms with van der Waals surface area (Å²) in [5.74, 6) is 0. The predicted octanol–water partition coefficient (Wildman–Crippen LogP) is 5.17. The van der Waals surface area contributed by atoms with Crippen LogP contribution in [-0.4, -0.2) is 29.7 Å². The zero-order chi connectivity index (χ0) is 18.4. The molecule has 2 atom stereocenters. The Morgan fingerprint density at radius 1 is 1.16 bits per heavy atom. The summed E-state index contributed by atoms with van der Waals surface area (Å²) < 4.78 is 0. The first-order valence-corrected chi connectivity index (χ1v) is 9.59. The van der Waals surface area contributed by atoms with Gasteiger partial charge in [0.1, 0.15) is 6.17 Å². The van der Waals surface area contributed by atoms with E-state index in [2.05, 4.69) is 37.6 Å². The van der Waals surface area contributed by atoms with Crippen molar-refractivity contribution in [2.45, 2.75) is 78.0 Å². The first-order chi connectivity index (χ1) is 12.0. The van der Waals surface area contributed by atoms with Gasteiger partial charge in [-0.2, -0.15) is 0 Å². The van der Waals surface area contributed by atoms with Crippen LogP contribution < -0.4 is 5.32 Å². The lowest BCUT2D eigenvalue weighted by atomic mass is 9.92. The van der Waals surface area contributed by atoms with Crippen molar-refractivity contribution in [2.24, 2.45) is 9.98 Å². The van der Waals surface area contributed by atoms with Gasteiger partial charge in [0.2, 0.25) is 0 Å². The number of aliphatic imine (C=N–C) groups is 2. The second kappa shape index (κ2) is 9.10. The molecule has 2 rings (SSSR count). The van der Waals surface area contributed by atoms with Gasteiger partial charge in [-0.15, -0.1) is 0 Å². The number of allylic oxidation sites excluding steroid dienone is 6. The summed E-state index contributed by atoms with van der Waals surface area (Å²) in [6.45, 7) is 16.4. The smallest absolute Gasteiger partial charge is 0.123 e. The Morgan fingerprint density at radius 2 is 1.84 bits per heavy atom. The number of nitrogens with one attached hydrogen (secondary N) is 1. The van der Waals surface area contributed by atoms with Gasteiger partial charge in [0, 0.05) is 11.6 Å². The third kappa shape index (κ3) is 4.46. The first kappa shape index (κ1) is 19.6. The molecule has 0 amide bonds. The molecule has 1 aliphatic carbocycles. The molecule has 2 unspecified atom stereocenters. The second-order valence-corrected chi connectivity index (χ2v) is 6.95. The van der Waals surface area contributed by atoms with Gasteiger partial charge >= 0.3 is 0 Å². The maximum atomic E-state index is 5.15. The SMILES string of the molecule is C=CC(=C\C)/C(=C/C)C1=NC(NC2CCCC2)C(CC)N=C1C(=C)C. The molecule has 1 fully saturated rings. The van der Waals surface area contributed by atoms with Gasteiger partial charge < -0.3 is 0 Å². The predicted molar refractivity (Wildman–Crippen MR) is 111 cm³/mol. The van der Waals surface area contributed by atoms with Crippen molar-refractivity contribution in [1.29, 1.82) is 0 Å². The first-order valence-electron chi connectivity index (χ1n) is 9.59. The molecule has 3 nitrogen and oxygen atoms in total. The Kier molecular flexibility index (Phi) is 7.12. The van der Waals surface area contributed by atoms with Crippen LogP contribution in [0, 0.1) is 0 Å². The van der Waals surface area contributed by atoms with E-state index < -0.39 is 0 Å². The van der Waals surface area contributed by atoms with Gasteiger partial charge in [-0.1, -0.05) is 51.2 Å². The Bertz CT molecular complexity index is 628. The topological polar surface area (TPSA) is 36.8 Å². The van der Waals surface area contributed by atoms with Crippen molar-refractivity contribution in [3.8, 4) is 0 Å². The summed E-state index contributed by atoms with van der Waals surface area (Å²) in [6, 6.07) is 0.743. The van der Waals surface area contributed by atoms with E-state index in [1.807, 2.05) is 26.8 Å². The summed E-state index contributed by atoms with van der Waals surface area (Å²) in [5, 5.41) is 3.77. The van der Waals surface area contributed by atoms with Crippen molar-refractivity contribution in [2.75, 3.05) is 0 Å². The van der Waals surface area contributed by atoms with Crippen molar-refractivity contribution < 1.29 is 0 Å². The van der Waals surface area contributed by atoms with Crippen LogP contribution in [0.3, 0.4) is 0 Å². The number of hydrogen-bond acceptors (Lipinski definition) is 3. The third-order valence-corrected chi connectivity index (χ3v) is 5.12. The van der Waals surface area contributed by atoms with Crippen LogP contribution >= 0.6 is 0 Å². The minimum Gasteiger partial charge on any atom is -0.291 e. The summed E-state index contributed by atoms with van der Waals surface area (Å²) in [4.78, 5) is 10.2. The van der Waals surface area contributed by atoms with Gasteiger partial charge in [0.15, 0.2) is 0 Å². The zero-order valence-corrected chi connectivity index (χ0v) is 16.3. The monoisotopic (exact) mass is 339 g/mol. The van der Waals surface area contributed by atoms with Crippen LogP contribution in [0.5, 0.6) is 0 Å². The van der Waals surface area contributed by atoms with E-state index >= 15 is 0 Å². The lowest BCUT2D eigenvalue weighted by molar-refractivity contribution is 0.379. The van der Waals surface area contributed by atoms with E-state index in [1.165, 1.54) is 25.7 Å². The summed E-state index contributed by atoms with van der Waals surface area (Å²) >= 11 is 0. The number of rotatable bonds is 7. The van der Waals surface area contributed by atoms with E-state index in [9.17, 15) is 0 Å². The molecular weight excluding hydrogens is 306 g/mol. The molecule has 1 aliphatic heterocycles. The Labute approximate surface area is 153 Å². The molecule has 0 bridgehead atoms. The van der Waals surface area contributed by atoms with Crippen LogP contribution in [0.15, 0.2) is 58.1 Å². The van der Waals surface area contributed by atoms with Crippen molar-refractivity contribution in [3.05, 3.63) is 48.1 Å². The average molecular weight is 340 g/mol. The summed E-state index contributed by atoms with van der Waals surface area (Å²) in [7, 11) is 0. The lowest BCUT2D eigenvalue weighted by Gasteiger charge is -2.31. The highest BCUT2D eigenvalue weighted by Crippen LogP contribution is 2.25. The van der Waals surface area contributed by atoms with E-state index in [-0.39, 0.29) is 12.2 Å². The maximum absolute atomic E-state index is 5.15. The number of hydrogen-bond donors (Lipinski definition) is 1. The standard InChI is InChI=1S/C22H33N3/c1-7-16(8-2)18(9-3)21-20(15(5)6)24-19(10-4)22(25-21)23-17-13-11-12-14-17/h7-9,17,19,22-23H,1,5,10-14H2,2-4,6H3/b16-8+,18-9-. The van der Waals surface area contributed by atoms with Crippen LogP contribution in [0.2, 0.25) is 0 Å². The fourth-order valence-electron chi connectivity index (χ4n) is 3.71. The highest BCUT2D eigenvalue weighted by atomic mass is 15.2. The molecule has 2 aliphatic rings. The minimum absolute atomic E-state index is 0.0454. The third-order valence-electron chi connectivity index (χ3n) is 5.12. The van der Waals surface area contributed by atoms with Crippen LogP contribution in [-0.2, 0) is 0 Å². The molecule has 0 aromatic rings. The fraction of sp³-hybridized carbons (Fsp3) is 0.545. The Balaban J connectivity index is 2.43. The molecule has 136 valence electrons. The van der Waals surface area contributed by atoms with Crippen LogP contribution in [0.4, 0.5) is 0 Å². The van der Waals surface area contributed by atoms with E-state index in [0.29, 0.717) is 6.04 Å². The summed E-state index contributed by atoms with van der Waals surface area (Å²) in [6.07, 6.45) is 12.2. The van der Waals surface area contributed by atoms with E-state index in [1.54, 1.807) is 0 Å². The molecule has 0 radical (unpaired) electrons. The highest BCUT2D eigenvalue weighted by molar-refractivity contribution is 6.54. The zero-order valence-electron chi connectivity index (χ0n) is 16.3. The molecule has 0 aromatic heterocycles. The average Bonchev–Trinajstić information content (AvgIpc) is 3.12. The quantitative estimate of drug-likeness (QED) is 0.638. The van der Waals surface area contributed by atoms with Gasteiger partial charge in [-0.25, -0.2) is 0 Å². The summed E-state index contributed by atoms with van der Waals surface area (Å²) in [5.41, 5.74) is 5.03. The molecule has 1 heterocycles. The molecule has 0 spiro atoms. The van der Waals surface area contributed by atoms with Crippen molar-refractivity contribution in [3.63, 3.8) is 0 Å². The fourth-order valence-corrected chi connectivity index (χ4v) is 3.71. The van der Waals surface area contributed by atoms with E-state index in [0.717, 1.165) is 34.6 Å². The molecule has 0 aromatic carbocycles. The number of nitrogens with zero attached hydrogens (tertiary/aromatic N) is 2. The molecule has 1 N–H and O–H groups in total. The van der Waals surface area contributed by atoms with Gasteiger partial charge in [-0.05, 0) is 51.2 Å². The van der Waals surface area contributed by atoms with Gasteiger partial charge in [0.05, 0.1) is 17.5 Å². The highest BCUT2D eigenvalue weighted by Gasteiger charge is 2.31. The maximum Gasteiger partial charge on any atom is 0.123 e. The molecule has 25 heavy (non-hydrogen) atoms. The Morgan fingerprint density at radius 3 is 2.32 bits per heavy atom. The lowest BCUT2D eigenvalue weighted by Crippen LogP contribution is -2.46. The normalized spacial score (nSPS) is 25.6. The van der Waals surface area contributed by atoms with Crippen LogP contribution in [0.1, 0.15) is 59.8 Å². The van der Waals surface area contributed by atoms with Crippen molar-refractivity contribution in [1.82, 2.24) is 5.32 Å². The molecular formula is C22H33N3. The minimum atomic E-state index is 0.0454. The Hall–Kier alpha value is -1.74. The van der Waals surface area contributed by atoms with Gasteiger partial charge in [0.25, 0.3) is 0 Å². The van der Waals surface area contributed by atoms with Crippen molar-refractivity contribution >= 4 is 11.4 Å². The largest absolute Gasteiger partial charge is 0.291 e. The molecule has 1 saturated carbocycles. The molecule has 0 saturated heterocycles.